The molecule has 3 N–H and O–H groups in total. The zero-order chi connectivity index (χ0) is 16.7. The number of ether oxygens (including phenoxy) is 2. The van der Waals surface area contributed by atoms with E-state index in [2.05, 4.69) is 19.2 Å². The third-order valence-electron chi connectivity index (χ3n) is 4.20. The normalized spacial score (nSPS) is 28.5. The second kappa shape index (κ2) is 9.10. The van der Waals surface area contributed by atoms with Crippen LogP contribution in [0.3, 0.4) is 0 Å². The molecule has 1 fully saturated rings. The maximum atomic E-state index is 12.0. The molecule has 1 unspecified atom stereocenters. The molecule has 0 radical (unpaired) electrons. The average molecular weight is 314 g/mol. The summed E-state index contributed by atoms with van der Waals surface area (Å²) < 4.78 is 11.2. The Hall–Kier alpha value is -1.14. The molecule has 0 bridgehead atoms. The SMILES string of the molecule is CCOC(=O)C1C[C@H](N)[C@@H](NC(C)=O)[C@H](OC(CC)CC)C1. The van der Waals surface area contributed by atoms with E-state index in [1.54, 1.807) is 6.92 Å². The molecule has 6 heteroatoms. The fourth-order valence-electron chi connectivity index (χ4n) is 3.03. The average Bonchev–Trinajstić information content (AvgIpc) is 2.47. The summed E-state index contributed by atoms with van der Waals surface area (Å²) in [6, 6.07) is -0.574. The van der Waals surface area contributed by atoms with Crippen molar-refractivity contribution in [2.45, 2.75) is 77.7 Å². The minimum Gasteiger partial charge on any atom is -0.466 e. The number of nitrogens with two attached hydrogens (primary N) is 1. The Bertz CT molecular complexity index is 371. The lowest BCUT2D eigenvalue weighted by Gasteiger charge is -2.40. The van der Waals surface area contributed by atoms with E-state index in [1.165, 1.54) is 6.92 Å². The summed E-state index contributed by atoms with van der Waals surface area (Å²) in [7, 11) is 0. The van der Waals surface area contributed by atoms with Crippen molar-refractivity contribution in [1.82, 2.24) is 5.32 Å². The van der Waals surface area contributed by atoms with E-state index >= 15 is 0 Å². The van der Waals surface area contributed by atoms with Crippen molar-refractivity contribution in [1.29, 1.82) is 0 Å². The van der Waals surface area contributed by atoms with E-state index in [0.29, 0.717) is 19.4 Å². The van der Waals surface area contributed by atoms with Crippen molar-refractivity contribution >= 4 is 11.9 Å². The minimum absolute atomic E-state index is 0.106. The number of esters is 1. The number of carbonyl (C=O) groups excluding carboxylic acids is 2. The van der Waals surface area contributed by atoms with E-state index in [0.717, 1.165) is 12.8 Å². The van der Waals surface area contributed by atoms with Crippen molar-refractivity contribution in [2.24, 2.45) is 11.7 Å². The van der Waals surface area contributed by atoms with Crippen LogP contribution < -0.4 is 11.1 Å². The highest BCUT2D eigenvalue weighted by atomic mass is 16.5. The van der Waals surface area contributed by atoms with Crippen LogP contribution in [0.2, 0.25) is 0 Å². The summed E-state index contributed by atoms with van der Waals surface area (Å²) in [5.74, 6) is -0.620. The van der Waals surface area contributed by atoms with Crippen LogP contribution in [-0.2, 0) is 19.1 Å². The van der Waals surface area contributed by atoms with Gasteiger partial charge in [0.1, 0.15) is 0 Å². The number of nitrogens with one attached hydrogen (secondary N) is 1. The third-order valence-corrected chi connectivity index (χ3v) is 4.20. The summed E-state index contributed by atoms with van der Waals surface area (Å²) in [6.45, 7) is 7.75. The molecular formula is C16H30N2O4. The molecule has 0 aromatic heterocycles. The smallest absolute Gasteiger partial charge is 0.309 e. The van der Waals surface area contributed by atoms with Gasteiger partial charge in [0, 0.05) is 13.0 Å². The Kier molecular flexibility index (Phi) is 7.82. The first-order valence-corrected chi connectivity index (χ1v) is 8.27. The molecule has 0 spiro atoms. The van der Waals surface area contributed by atoms with E-state index in [4.69, 9.17) is 15.2 Å². The van der Waals surface area contributed by atoms with Crippen molar-refractivity contribution in [3.05, 3.63) is 0 Å². The lowest BCUT2D eigenvalue weighted by molar-refractivity contribution is -0.153. The van der Waals surface area contributed by atoms with Gasteiger partial charge in [-0.2, -0.15) is 0 Å². The van der Waals surface area contributed by atoms with Gasteiger partial charge >= 0.3 is 5.97 Å². The molecule has 0 saturated heterocycles. The van der Waals surface area contributed by atoms with Gasteiger partial charge in [0.25, 0.3) is 0 Å². The van der Waals surface area contributed by atoms with Gasteiger partial charge in [-0.1, -0.05) is 13.8 Å². The molecule has 0 aliphatic heterocycles. The molecule has 1 saturated carbocycles. The summed E-state index contributed by atoms with van der Waals surface area (Å²) >= 11 is 0. The molecule has 6 nitrogen and oxygen atoms in total. The van der Waals surface area contributed by atoms with Gasteiger partial charge in [-0.15, -0.1) is 0 Å². The van der Waals surface area contributed by atoms with Gasteiger partial charge in [0.15, 0.2) is 0 Å². The topological polar surface area (TPSA) is 90.6 Å². The van der Waals surface area contributed by atoms with Crippen molar-refractivity contribution in [3.8, 4) is 0 Å². The molecule has 4 atom stereocenters. The van der Waals surface area contributed by atoms with Crippen LogP contribution in [0.15, 0.2) is 0 Å². The van der Waals surface area contributed by atoms with Crippen LogP contribution in [0, 0.1) is 5.92 Å². The van der Waals surface area contributed by atoms with E-state index in [-0.39, 0.29) is 42.1 Å². The summed E-state index contributed by atoms with van der Waals surface area (Å²) in [6.07, 6.45) is 2.67. The molecule has 22 heavy (non-hydrogen) atoms. The van der Waals surface area contributed by atoms with Crippen molar-refractivity contribution in [3.63, 3.8) is 0 Å². The molecule has 1 rings (SSSR count). The van der Waals surface area contributed by atoms with Gasteiger partial charge in [-0.05, 0) is 32.6 Å². The zero-order valence-electron chi connectivity index (χ0n) is 14.1. The summed E-state index contributed by atoms with van der Waals surface area (Å²) in [5, 5.41) is 2.89. The molecule has 0 heterocycles. The quantitative estimate of drug-likeness (QED) is 0.693. The molecule has 0 aromatic carbocycles. The molecule has 1 amide bonds. The number of rotatable bonds is 7. The number of amides is 1. The molecular weight excluding hydrogens is 284 g/mol. The second-order valence-corrected chi connectivity index (χ2v) is 5.92. The van der Waals surface area contributed by atoms with Crippen LogP contribution in [-0.4, -0.2) is 42.8 Å². The van der Waals surface area contributed by atoms with Crippen LogP contribution in [0.4, 0.5) is 0 Å². The first-order valence-electron chi connectivity index (χ1n) is 8.27. The lowest BCUT2D eigenvalue weighted by Crippen LogP contribution is -2.59. The van der Waals surface area contributed by atoms with Gasteiger partial charge in [0.2, 0.25) is 5.91 Å². The van der Waals surface area contributed by atoms with E-state index in [1.807, 2.05) is 0 Å². The molecule has 1 aliphatic rings. The number of hydrogen-bond acceptors (Lipinski definition) is 5. The highest BCUT2D eigenvalue weighted by molar-refractivity contribution is 5.74. The number of carbonyl (C=O) groups is 2. The highest BCUT2D eigenvalue weighted by Crippen LogP contribution is 2.29. The first-order chi connectivity index (χ1) is 10.4. The van der Waals surface area contributed by atoms with E-state index in [9.17, 15) is 9.59 Å². The largest absolute Gasteiger partial charge is 0.466 e. The first kappa shape index (κ1) is 18.9. The third kappa shape index (κ3) is 5.25. The highest BCUT2D eigenvalue weighted by Gasteiger charge is 2.41. The predicted octanol–water partition coefficient (Wildman–Crippen LogP) is 1.37. The van der Waals surface area contributed by atoms with Crippen molar-refractivity contribution in [2.75, 3.05) is 6.61 Å². The lowest BCUT2D eigenvalue weighted by atomic mass is 9.80. The zero-order valence-corrected chi connectivity index (χ0v) is 14.1. The van der Waals surface area contributed by atoms with E-state index < -0.39 is 0 Å². The summed E-state index contributed by atoms with van der Waals surface area (Å²) in [5.41, 5.74) is 6.20. The Morgan fingerprint density at radius 2 is 1.86 bits per heavy atom. The van der Waals surface area contributed by atoms with Gasteiger partial charge in [0.05, 0.1) is 30.8 Å². The predicted molar refractivity (Wildman–Crippen MR) is 84.2 cm³/mol. The standard InChI is InChI=1S/C16H30N2O4/c1-5-12(6-2)22-14-9-11(16(20)21-7-3)8-13(17)15(14)18-10(4)19/h11-15H,5-9,17H2,1-4H3,(H,18,19)/t11?,13-,14+,15+/m0/s1. The fraction of sp³-hybridized carbons (Fsp3) is 0.875. The Labute approximate surface area is 133 Å². The Balaban J connectivity index is 2.84. The minimum atomic E-state index is -0.314. The van der Waals surface area contributed by atoms with Gasteiger partial charge in [-0.3, -0.25) is 9.59 Å². The molecule has 0 aromatic rings. The maximum Gasteiger partial charge on any atom is 0.309 e. The van der Waals surface area contributed by atoms with Crippen LogP contribution in [0.25, 0.3) is 0 Å². The second-order valence-electron chi connectivity index (χ2n) is 5.92. The van der Waals surface area contributed by atoms with Crippen LogP contribution >= 0.6 is 0 Å². The Morgan fingerprint density at radius 3 is 2.36 bits per heavy atom. The van der Waals surface area contributed by atoms with Gasteiger partial charge < -0.3 is 20.5 Å². The van der Waals surface area contributed by atoms with Crippen LogP contribution in [0.1, 0.15) is 53.4 Å². The Morgan fingerprint density at radius 1 is 1.23 bits per heavy atom. The van der Waals surface area contributed by atoms with Crippen molar-refractivity contribution < 1.29 is 19.1 Å². The summed E-state index contributed by atoms with van der Waals surface area (Å²) in [4.78, 5) is 23.5. The maximum absolute atomic E-state index is 12.0. The van der Waals surface area contributed by atoms with Crippen LogP contribution in [0.5, 0.6) is 0 Å². The van der Waals surface area contributed by atoms with Gasteiger partial charge in [-0.25, -0.2) is 0 Å². The fourth-order valence-corrected chi connectivity index (χ4v) is 3.03. The molecule has 128 valence electrons. The monoisotopic (exact) mass is 314 g/mol. The number of hydrogen-bond donors (Lipinski definition) is 2. The molecule has 1 aliphatic carbocycles.